The van der Waals surface area contributed by atoms with E-state index in [0.29, 0.717) is 11.5 Å². The maximum absolute atomic E-state index is 5.72. The van der Waals surface area contributed by atoms with Crippen molar-refractivity contribution in [2.75, 3.05) is 26.9 Å². The van der Waals surface area contributed by atoms with Crippen molar-refractivity contribution in [3.05, 3.63) is 0 Å². The largest absolute Gasteiger partial charge is 0.385 e. The lowest BCUT2D eigenvalue weighted by Gasteiger charge is -2.32. The van der Waals surface area contributed by atoms with Gasteiger partial charge in [-0.15, -0.1) is 0 Å². The fourth-order valence-electron chi connectivity index (χ4n) is 2.41. The van der Waals surface area contributed by atoms with Crippen LogP contribution in [0.25, 0.3) is 0 Å². The van der Waals surface area contributed by atoms with Gasteiger partial charge in [0.2, 0.25) is 0 Å². The van der Waals surface area contributed by atoms with Gasteiger partial charge in [0.05, 0.1) is 6.10 Å². The number of nitrogens with one attached hydrogen (secondary N) is 1. The van der Waals surface area contributed by atoms with E-state index in [1.54, 1.807) is 7.11 Å². The van der Waals surface area contributed by atoms with E-state index < -0.39 is 0 Å². The smallest absolute Gasteiger partial charge is 0.0617 e. The highest BCUT2D eigenvalue weighted by Gasteiger charge is 2.41. The summed E-state index contributed by atoms with van der Waals surface area (Å²) in [5.74, 6) is 0. The van der Waals surface area contributed by atoms with E-state index in [1.807, 2.05) is 0 Å². The van der Waals surface area contributed by atoms with Gasteiger partial charge >= 0.3 is 0 Å². The van der Waals surface area contributed by atoms with Gasteiger partial charge in [-0.2, -0.15) is 0 Å². The first-order chi connectivity index (χ1) is 7.27. The topological polar surface area (TPSA) is 30.5 Å². The second-order valence-electron chi connectivity index (χ2n) is 5.02. The van der Waals surface area contributed by atoms with Crippen LogP contribution in [-0.2, 0) is 9.47 Å². The van der Waals surface area contributed by atoms with Gasteiger partial charge in [-0.1, -0.05) is 0 Å². The molecule has 2 rings (SSSR count). The molecule has 2 fully saturated rings. The van der Waals surface area contributed by atoms with Crippen LogP contribution in [-0.4, -0.2) is 39.0 Å². The molecule has 88 valence electrons. The van der Waals surface area contributed by atoms with Crippen LogP contribution in [0.15, 0.2) is 0 Å². The fraction of sp³-hybridized carbons (Fsp3) is 1.00. The molecule has 0 aromatic heterocycles. The molecular weight excluding hydrogens is 190 g/mol. The van der Waals surface area contributed by atoms with Crippen LogP contribution in [0.4, 0.5) is 0 Å². The number of ether oxygens (including phenoxy) is 2. The number of hydrogen-bond donors (Lipinski definition) is 1. The highest BCUT2D eigenvalue weighted by Crippen LogP contribution is 2.38. The lowest BCUT2D eigenvalue weighted by atomic mass is 9.78. The summed E-state index contributed by atoms with van der Waals surface area (Å²) in [6, 6.07) is 0.789. The highest BCUT2D eigenvalue weighted by atomic mass is 16.5. The Hall–Kier alpha value is -0.120. The molecule has 1 aliphatic carbocycles. The minimum absolute atomic E-state index is 0.318. The fourth-order valence-corrected chi connectivity index (χ4v) is 2.41. The van der Waals surface area contributed by atoms with E-state index in [0.717, 1.165) is 32.2 Å². The summed E-state index contributed by atoms with van der Waals surface area (Å²) in [5.41, 5.74) is 0.318. The zero-order valence-electron chi connectivity index (χ0n) is 9.92. The Bertz CT molecular complexity index is 206. The summed E-state index contributed by atoms with van der Waals surface area (Å²) in [6.07, 6.45) is 5.38. The summed E-state index contributed by atoms with van der Waals surface area (Å²) in [6.45, 7) is 5.07. The minimum Gasteiger partial charge on any atom is -0.385 e. The summed E-state index contributed by atoms with van der Waals surface area (Å²) in [4.78, 5) is 0. The van der Waals surface area contributed by atoms with Crippen LogP contribution >= 0.6 is 0 Å². The average molecular weight is 213 g/mol. The third kappa shape index (κ3) is 2.71. The zero-order chi connectivity index (χ0) is 10.7. The van der Waals surface area contributed by atoms with E-state index in [2.05, 4.69) is 12.2 Å². The Morgan fingerprint density at radius 3 is 2.80 bits per heavy atom. The molecule has 3 heteroatoms. The predicted molar refractivity (Wildman–Crippen MR) is 60.0 cm³/mol. The lowest BCUT2D eigenvalue weighted by Crippen LogP contribution is -2.41. The average Bonchev–Trinajstić information content (AvgIpc) is 3.00. The number of rotatable bonds is 6. The molecule has 1 aliphatic heterocycles. The second kappa shape index (κ2) is 4.81. The Balaban J connectivity index is 1.87. The van der Waals surface area contributed by atoms with Crippen molar-refractivity contribution in [1.82, 2.24) is 5.32 Å². The van der Waals surface area contributed by atoms with Crippen molar-refractivity contribution in [3.63, 3.8) is 0 Å². The molecule has 2 aliphatic rings. The van der Waals surface area contributed by atoms with Crippen molar-refractivity contribution in [1.29, 1.82) is 0 Å². The third-order valence-corrected chi connectivity index (χ3v) is 3.95. The van der Waals surface area contributed by atoms with Crippen LogP contribution < -0.4 is 5.32 Å². The molecule has 0 aromatic rings. The number of hydrogen-bond acceptors (Lipinski definition) is 3. The van der Waals surface area contributed by atoms with Gasteiger partial charge in [-0.3, -0.25) is 0 Å². The Morgan fingerprint density at radius 2 is 2.27 bits per heavy atom. The summed E-state index contributed by atoms with van der Waals surface area (Å²) >= 11 is 0. The maximum atomic E-state index is 5.72. The first-order valence-corrected chi connectivity index (χ1v) is 6.11. The summed E-state index contributed by atoms with van der Waals surface area (Å²) in [5, 5.41) is 3.64. The zero-order valence-corrected chi connectivity index (χ0v) is 9.92. The highest BCUT2D eigenvalue weighted by molar-refractivity contribution is 4.94. The van der Waals surface area contributed by atoms with Gasteiger partial charge in [0, 0.05) is 38.3 Å². The van der Waals surface area contributed by atoms with Gasteiger partial charge in [0.1, 0.15) is 0 Å². The van der Waals surface area contributed by atoms with E-state index in [1.165, 1.54) is 19.3 Å². The van der Waals surface area contributed by atoms with E-state index >= 15 is 0 Å². The molecule has 3 nitrogen and oxygen atoms in total. The Kier molecular flexibility index (Phi) is 3.65. The third-order valence-electron chi connectivity index (χ3n) is 3.95. The van der Waals surface area contributed by atoms with Crippen molar-refractivity contribution in [2.45, 2.75) is 44.8 Å². The van der Waals surface area contributed by atoms with Crippen LogP contribution in [0, 0.1) is 5.41 Å². The Labute approximate surface area is 92.5 Å². The van der Waals surface area contributed by atoms with Crippen molar-refractivity contribution in [2.24, 2.45) is 5.41 Å². The van der Waals surface area contributed by atoms with Crippen LogP contribution in [0.5, 0.6) is 0 Å². The van der Waals surface area contributed by atoms with E-state index in [9.17, 15) is 0 Å². The quantitative estimate of drug-likeness (QED) is 0.726. The molecule has 0 bridgehead atoms. The molecule has 2 atom stereocenters. The predicted octanol–water partition coefficient (Wildman–Crippen LogP) is 1.57. The molecule has 1 saturated heterocycles. The van der Waals surface area contributed by atoms with Crippen molar-refractivity contribution < 1.29 is 9.47 Å². The molecule has 15 heavy (non-hydrogen) atoms. The molecule has 0 aromatic carbocycles. The SMILES string of the molecule is COCCC1(CNC2CC2)CCOC1C. The monoisotopic (exact) mass is 213 g/mol. The van der Waals surface area contributed by atoms with E-state index in [4.69, 9.17) is 9.47 Å². The molecule has 0 spiro atoms. The van der Waals surface area contributed by atoms with Gasteiger partial charge in [-0.05, 0) is 32.6 Å². The molecule has 1 saturated carbocycles. The Morgan fingerprint density at radius 1 is 1.47 bits per heavy atom. The molecule has 1 N–H and O–H groups in total. The van der Waals surface area contributed by atoms with E-state index in [-0.39, 0.29) is 0 Å². The van der Waals surface area contributed by atoms with Crippen LogP contribution in [0.2, 0.25) is 0 Å². The van der Waals surface area contributed by atoms with Crippen molar-refractivity contribution in [3.8, 4) is 0 Å². The molecule has 0 amide bonds. The summed E-state index contributed by atoms with van der Waals surface area (Å²) in [7, 11) is 1.78. The molecule has 0 radical (unpaired) electrons. The van der Waals surface area contributed by atoms with Gasteiger partial charge in [-0.25, -0.2) is 0 Å². The van der Waals surface area contributed by atoms with Crippen LogP contribution in [0.3, 0.4) is 0 Å². The molecule has 2 unspecified atom stereocenters. The molecular formula is C12H23NO2. The first-order valence-electron chi connectivity index (χ1n) is 6.11. The summed E-state index contributed by atoms with van der Waals surface area (Å²) < 4.78 is 10.9. The number of methoxy groups -OCH3 is 1. The second-order valence-corrected chi connectivity index (χ2v) is 5.02. The van der Waals surface area contributed by atoms with Gasteiger partial charge in [0.15, 0.2) is 0 Å². The normalized spacial score (nSPS) is 36.0. The van der Waals surface area contributed by atoms with Crippen molar-refractivity contribution >= 4 is 0 Å². The first kappa shape index (κ1) is 11.4. The molecule has 1 heterocycles. The van der Waals surface area contributed by atoms with Crippen LogP contribution in [0.1, 0.15) is 32.6 Å². The lowest BCUT2D eigenvalue weighted by molar-refractivity contribution is 0.0418. The standard InChI is InChI=1S/C12H23NO2/c1-10-12(5-7-14-2,6-8-15-10)9-13-11-3-4-11/h10-11,13H,3-9H2,1-2H3. The maximum Gasteiger partial charge on any atom is 0.0617 e. The minimum atomic E-state index is 0.318. The van der Waals surface area contributed by atoms with Gasteiger partial charge < -0.3 is 14.8 Å². The van der Waals surface area contributed by atoms with Gasteiger partial charge in [0.25, 0.3) is 0 Å².